The first-order valence-electron chi connectivity index (χ1n) is 7.67. The molecule has 1 fully saturated rings. The SMILES string of the molecule is Cc1cc(C)c(OCCCN2CCC(O)CC2)c(C)c1. The van der Waals surface area contributed by atoms with E-state index in [2.05, 4.69) is 37.8 Å². The number of hydrogen-bond acceptors (Lipinski definition) is 3. The van der Waals surface area contributed by atoms with E-state index in [-0.39, 0.29) is 6.10 Å². The zero-order valence-corrected chi connectivity index (χ0v) is 13.0. The standard InChI is InChI=1S/C17H27NO2/c1-13-11-14(2)17(15(3)12-13)20-10-4-7-18-8-5-16(19)6-9-18/h11-12,16,19H,4-10H2,1-3H3. The van der Waals surface area contributed by atoms with Crippen LogP contribution >= 0.6 is 0 Å². The molecular formula is C17H27NO2. The first kappa shape index (κ1) is 15.3. The Balaban J connectivity index is 1.74. The number of aliphatic hydroxyl groups is 1. The zero-order valence-electron chi connectivity index (χ0n) is 13.0. The summed E-state index contributed by atoms with van der Waals surface area (Å²) in [6.07, 6.45) is 2.79. The van der Waals surface area contributed by atoms with E-state index < -0.39 is 0 Å². The molecule has 0 atom stereocenters. The van der Waals surface area contributed by atoms with Crippen LogP contribution in [0.3, 0.4) is 0 Å². The molecule has 1 aromatic carbocycles. The molecule has 0 unspecified atom stereocenters. The van der Waals surface area contributed by atoms with Gasteiger partial charge in [0.15, 0.2) is 0 Å². The second-order valence-corrected chi connectivity index (χ2v) is 6.00. The molecule has 0 bridgehead atoms. The second-order valence-electron chi connectivity index (χ2n) is 6.00. The van der Waals surface area contributed by atoms with Crippen LogP contribution in [0.4, 0.5) is 0 Å². The first-order valence-corrected chi connectivity index (χ1v) is 7.67. The maximum Gasteiger partial charge on any atom is 0.125 e. The van der Waals surface area contributed by atoms with E-state index in [0.29, 0.717) is 0 Å². The minimum atomic E-state index is -0.0830. The van der Waals surface area contributed by atoms with Crippen molar-refractivity contribution in [3.05, 3.63) is 28.8 Å². The molecule has 3 nitrogen and oxygen atoms in total. The summed E-state index contributed by atoms with van der Waals surface area (Å²) in [7, 11) is 0. The molecule has 0 radical (unpaired) electrons. The van der Waals surface area contributed by atoms with E-state index in [4.69, 9.17) is 4.74 Å². The van der Waals surface area contributed by atoms with E-state index in [9.17, 15) is 5.11 Å². The number of aryl methyl sites for hydroxylation is 3. The highest BCUT2D eigenvalue weighted by atomic mass is 16.5. The fraction of sp³-hybridized carbons (Fsp3) is 0.647. The van der Waals surface area contributed by atoms with Crippen LogP contribution in [0.5, 0.6) is 5.75 Å². The molecular weight excluding hydrogens is 250 g/mol. The average Bonchev–Trinajstić information content (AvgIpc) is 2.39. The van der Waals surface area contributed by atoms with Crippen molar-refractivity contribution in [2.45, 2.75) is 46.1 Å². The van der Waals surface area contributed by atoms with Gasteiger partial charge in [0.05, 0.1) is 12.7 Å². The van der Waals surface area contributed by atoms with Gasteiger partial charge in [-0.1, -0.05) is 17.7 Å². The number of ether oxygens (including phenoxy) is 1. The van der Waals surface area contributed by atoms with Crippen molar-refractivity contribution in [2.75, 3.05) is 26.2 Å². The number of nitrogens with zero attached hydrogens (tertiary/aromatic N) is 1. The maximum atomic E-state index is 9.48. The molecule has 0 saturated carbocycles. The molecule has 112 valence electrons. The number of hydrogen-bond donors (Lipinski definition) is 1. The Morgan fingerprint density at radius 2 is 1.75 bits per heavy atom. The van der Waals surface area contributed by atoms with Crippen LogP contribution in [0.15, 0.2) is 12.1 Å². The quantitative estimate of drug-likeness (QED) is 0.840. The summed E-state index contributed by atoms with van der Waals surface area (Å²) < 4.78 is 5.96. The van der Waals surface area contributed by atoms with E-state index in [1.54, 1.807) is 0 Å². The van der Waals surface area contributed by atoms with Gasteiger partial charge in [0.2, 0.25) is 0 Å². The third-order valence-electron chi connectivity index (χ3n) is 4.03. The predicted octanol–water partition coefficient (Wildman–Crippen LogP) is 2.84. The molecule has 1 aromatic rings. The highest BCUT2D eigenvalue weighted by Crippen LogP contribution is 2.24. The van der Waals surface area contributed by atoms with Gasteiger partial charge >= 0.3 is 0 Å². The highest BCUT2D eigenvalue weighted by Gasteiger charge is 2.16. The monoisotopic (exact) mass is 277 g/mol. The lowest BCUT2D eigenvalue weighted by Crippen LogP contribution is -2.36. The fourth-order valence-electron chi connectivity index (χ4n) is 3.00. The average molecular weight is 277 g/mol. The highest BCUT2D eigenvalue weighted by molar-refractivity contribution is 5.42. The van der Waals surface area contributed by atoms with Crippen molar-refractivity contribution in [3.63, 3.8) is 0 Å². The Morgan fingerprint density at radius 1 is 1.15 bits per heavy atom. The minimum Gasteiger partial charge on any atom is -0.493 e. The normalized spacial score (nSPS) is 17.4. The van der Waals surface area contributed by atoms with Crippen LogP contribution < -0.4 is 4.74 Å². The number of aliphatic hydroxyl groups excluding tert-OH is 1. The van der Waals surface area contributed by atoms with Gasteiger partial charge < -0.3 is 14.7 Å². The van der Waals surface area contributed by atoms with Crippen molar-refractivity contribution in [1.29, 1.82) is 0 Å². The van der Waals surface area contributed by atoms with Crippen LogP contribution in [0.2, 0.25) is 0 Å². The van der Waals surface area contributed by atoms with Gasteiger partial charge in [0, 0.05) is 19.6 Å². The summed E-state index contributed by atoms with van der Waals surface area (Å²) in [6.45, 7) is 10.2. The number of likely N-dealkylation sites (tertiary alicyclic amines) is 1. The smallest absolute Gasteiger partial charge is 0.125 e. The van der Waals surface area contributed by atoms with Crippen LogP contribution in [0, 0.1) is 20.8 Å². The van der Waals surface area contributed by atoms with Crippen molar-refractivity contribution < 1.29 is 9.84 Å². The zero-order chi connectivity index (χ0) is 14.5. The number of benzene rings is 1. The molecule has 1 aliphatic rings. The third kappa shape index (κ3) is 4.22. The van der Waals surface area contributed by atoms with Crippen LogP contribution in [0.1, 0.15) is 36.0 Å². The molecule has 2 rings (SSSR count). The summed E-state index contributed by atoms with van der Waals surface area (Å²) in [5.74, 6) is 1.05. The summed E-state index contributed by atoms with van der Waals surface area (Å²) in [5, 5.41) is 9.48. The number of piperidine rings is 1. The van der Waals surface area contributed by atoms with Crippen molar-refractivity contribution >= 4 is 0 Å². The van der Waals surface area contributed by atoms with Gasteiger partial charge in [-0.3, -0.25) is 0 Å². The molecule has 0 aromatic heterocycles. The molecule has 1 heterocycles. The van der Waals surface area contributed by atoms with Gasteiger partial charge in [-0.25, -0.2) is 0 Å². The maximum absolute atomic E-state index is 9.48. The Hall–Kier alpha value is -1.06. The van der Waals surface area contributed by atoms with Crippen molar-refractivity contribution in [3.8, 4) is 5.75 Å². The van der Waals surface area contributed by atoms with Crippen molar-refractivity contribution in [1.82, 2.24) is 4.90 Å². The van der Waals surface area contributed by atoms with Gasteiger partial charge in [-0.2, -0.15) is 0 Å². The van der Waals surface area contributed by atoms with Crippen molar-refractivity contribution in [2.24, 2.45) is 0 Å². The van der Waals surface area contributed by atoms with Gasteiger partial charge in [-0.05, 0) is 51.2 Å². The molecule has 1 aliphatic heterocycles. The Bertz CT molecular complexity index is 414. The summed E-state index contributed by atoms with van der Waals surface area (Å²) in [5.41, 5.74) is 3.74. The van der Waals surface area contributed by atoms with Crippen LogP contribution in [-0.2, 0) is 0 Å². The van der Waals surface area contributed by atoms with Gasteiger partial charge in [0.25, 0.3) is 0 Å². The molecule has 0 amide bonds. The largest absolute Gasteiger partial charge is 0.493 e. The van der Waals surface area contributed by atoms with Crippen LogP contribution in [-0.4, -0.2) is 42.4 Å². The summed E-state index contributed by atoms with van der Waals surface area (Å²) in [6, 6.07) is 4.35. The lowest BCUT2D eigenvalue weighted by Gasteiger charge is -2.29. The molecule has 0 aliphatic carbocycles. The number of rotatable bonds is 5. The van der Waals surface area contributed by atoms with Gasteiger partial charge in [-0.15, -0.1) is 0 Å². The van der Waals surface area contributed by atoms with E-state index in [1.165, 1.54) is 16.7 Å². The van der Waals surface area contributed by atoms with Crippen LogP contribution in [0.25, 0.3) is 0 Å². The molecule has 1 N–H and O–H groups in total. The van der Waals surface area contributed by atoms with E-state index >= 15 is 0 Å². The minimum absolute atomic E-state index is 0.0830. The van der Waals surface area contributed by atoms with E-state index in [0.717, 1.165) is 51.3 Å². The molecule has 20 heavy (non-hydrogen) atoms. The topological polar surface area (TPSA) is 32.7 Å². The molecule has 3 heteroatoms. The van der Waals surface area contributed by atoms with E-state index in [1.807, 2.05) is 0 Å². The summed E-state index contributed by atoms with van der Waals surface area (Å²) >= 11 is 0. The van der Waals surface area contributed by atoms with Gasteiger partial charge in [0.1, 0.15) is 5.75 Å². The molecule has 0 spiro atoms. The lowest BCUT2D eigenvalue weighted by molar-refractivity contribution is 0.0800. The summed E-state index contributed by atoms with van der Waals surface area (Å²) in [4.78, 5) is 2.42. The Labute approximate surface area is 122 Å². The Kier molecular flexibility index (Phi) is 5.44. The first-order chi connectivity index (χ1) is 9.56. The Morgan fingerprint density at radius 3 is 2.35 bits per heavy atom. The fourth-order valence-corrected chi connectivity index (χ4v) is 3.00. The lowest BCUT2D eigenvalue weighted by atomic mass is 10.1. The predicted molar refractivity (Wildman–Crippen MR) is 82.4 cm³/mol. The molecule has 1 saturated heterocycles. The third-order valence-corrected chi connectivity index (χ3v) is 4.03. The second kappa shape index (κ2) is 7.09.